The van der Waals surface area contributed by atoms with Gasteiger partial charge in [-0.3, -0.25) is 0 Å². The maximum atomic E-state index is 15.1. The highest BCUT2D eigenvalue weighted by atomic mass is 19.4. The van der Waals surface area contributed by atoms with Gasteiger partial charge in [0.1, 0.15) is 17.2 Å². The molecule has 1 saturated heterocycles. The number of hydrogen-bond acceptors (Lipinski definition) is 4. The molecule has 0 amide bonds. The van der Waals surface area contributed by atoms with Gasteiger partial charge >= 0.3 is 13.3 Å². The molecule has 28 heavy (non-hydrogen) atoms. The van der Waals surface area contributed by atoms with Crippen molar-refractivity contribution in [3.05, 3.63) is 29.5 Å². The molecule has 1 fully saturated rings. The van der Waals surface area contributed by atoms with Crippen LogP contribution in [0.25, 0.3) is 5.57 Å². The van der Waals surface area contributed by atoms with E-state index in [9.17, 15) is 13.2 Å². The van der Waals surface area contributed by atoms with Crippen molar-refractivity contribution in [2.75, 3.05) is 13.7 Å². The second kappa shape index (κ2) is 7.95. The standard InChI is InChI=1S/C19H25BF4O4/c1-12(16(21)20-27-17(2,3)18(4,5)28-20)14-8-7-13(25-6)11-15(14)26-10-9-19(22,23)24/h7-8,11H,9-10H2,1-6H3. The van der Waals surface area contributed by atoms with E-state index >= 15 is 4.39 Å². The summed E-state index contributed by atoms with van der Waals surface area (Å²) in [6.45, 7) is 8.11. The summed E-state index contributed by atoms with van der Waals surface area (Å²) < 4.78 is 74.2. The van der Waals surface area contributed by atoms with Crippen molar-refractivity contribution in [3.63, 3.8) is 0 Å². The van der Waals surface area contributed by atoms with Gasteiger partial charge in [-0.1, -0.05) is 0 Å². The van der Waals surface area contributed by atoms with Gasteiger partial charge in [0.05, 0.1) is 31.3 Å². The highest BCUT2D eigenvalue weighted by Gasteiger charge is 2.53. The van der Waals surface area contributed by atoms with Crippen LogP contribution >= 0.6 is 0 Å². The molecule has 0 unspecified atom stereocenters. The van der Waals surface area contributed by atoms with Crippen LogP contribution in [-0.4, -0.2) is 38.2 Å². The lowest BCUT2D eigenvalue weighted by atomic mass is 9.83. The third-order valence-electron chi connectivity index (χ3n) is 5.05. The summed E-state index contributed by atoms with van der Waals surface area (Å²) in [6.07, 6.45) is -5.47. The molecule has 0 saturated carbocycles. The molecule has 0 radical (unpaired) electrons. The Morgan fingerprint density at radius 3 is 2.18 bits per heavy atom. The number of allylic oxidation sites excluding steroid dienone is 1. The number of halogens is 4. The number of rotatable bonds is 6. The monoisotopic (exact) mass is 404 g/mol. The third-order valence-corrected chi connectivity index (χ3v) is 5.05. The fraction of sp³-hybridized carbons (Fsp3) is 0.579. The van der Waals surface area contributed by atoms with Gasteiger partial charge in [0.15, 0.2) is 0 Å². The first-order valence-electron chi connectivity index (χ1n) is 8.87. The second-order valence-corrected chi connectivity index (χ2v) is 7.64. The lowest BCUT2D eigenvalue weighted by molar-refractivity contribution is -0.139. The van der Waals surface area contributed by atoms with Gasteiger partial charge in [-0.2, -0.15) is 13.2 Å². The minimum absolute atomic E-state index is 0.0905. The first kappa shape index (κ1) is 22.6. The second-order valence-electron chi connectivity index (χ2n) is 7.64. The molecule has 1 aromatic carbocycles. The fourth-order valence-electron chi connectivity index (χ4n) is 2.59. The van der Waals surface area contributed by atoms with Gasteiger partial charge in [-0.15, -0.1) is 0 Å². The molecule has 0 spiro atoms. The van der Waals surface area contributed by atoms with Gasteiger partial charge in [0.25, 0.3) is 0 Å². The molecule has 1 aliphatic rings. The summed E-state index contributed by atoms with van der Waals surface area (Å²) in [7, 11) is 0.206. The van der Waals surface area contributed by atoms with Crippen LogP contribution in [0.3, 0.4) is 0 Å². The summed E-state index contributed by atoms with van der Waals surface area (Å²) >= 11 is 0. The predicted octanol–water partition coefficient (Wildman–Crippen LogP) is 5.36. The zero-order chi connectivity index (χ0) is 21.3. The number of methoxy groups -OCH3 is 1. The van der Waals surface area contributed by atoms with Gasteiger partial charge < -0.3 is 18.8 Å². The molecule has 0 atom stereocenters. The normalized spacial score (nSPS) is 19.4. The Morgan fingerprint density at radius 2 is 1.68 bits per heavy atom. The van der Waals surface area contributed by atoms with Crippen LogP contribution in [0.2, 0.25) is 0 Å². The van der Waals surface area contributed by atoms with Crippen molar-refractivity contribution in [3.8, 4) is 11.5 Å². The van der Waals surface area contributed by atoms with Gasteiger partial charge in [0, 0.05) is 11.6 Å². The first-order valence-corrected chi connectivity index (χ1v) is 8.87. The molecular weight excluding hydrogens is 379 g/mol. The van der Waals surface area contributed by atoms with Crippen molar-refractivity contribution >= 4 is 12.7 Å². The van der Waals surface area contributed by atoms with Crippen LogP contribution in [0.15, 0.2) is 23.9 Å². The van der Waals surface area contributed by atoms with Crippen LogP contribution in [0.4, 0.5) is 17.6 Å². The van der Waals surface area contributed by atoms with Gasteiger partial charge in [-0.25, -0.2) is 4.39 Å². The molecule has 0 N–H and O–H groups in total. The zero-order valence-electron chi connectivity index (χ0n) is 16.9. The summed E-state index contributed by atoms with van der Waals surface area (Å²) in [4.78, 5) is 0. The summed E-state index contributed by atoms with van der Waals surface area (Å²) in [5.41, 5.74) is -1.65. The largest absolute Gasteiger partial charge is 0.525 e. The van der Waals surface area contributed by atoms with E-state index in [1.807, 2.05) is 0 Å². The molecule has 1 heterocycles. The Balaban J connectivity index is 2.33. The fourth-order valence-corrected chi connectivity index (χ4v) is 2.59. The molecule has 4 nitrogen and oxygen atoms in total. The van der Waals surface area contributed by atoms with Crippen LogP contribution in [-0.2, 0) is 9.31 Å². The molecule has 9 heteroatoms. The van der Waals surface area contributed by atoms with E-state index < -0.39 is 43.3 Å². The smallest absolute Gasteiger partial charge is 0.497 e. The third kappa shape index (κ3) is 5.00. The maximum absolute atomic E-state index is 15.1. The summed E-state index contributed by atoms with van der Waals surface area (Å²) in [5.74, 6) is 0.474. The van der Waals surface area contributed by atoms with Crippen LogP contribution in [0.1, 0.15) is 46.6 Å². The Kier molecular flexibility index (Phi) is 6.40. The van der Waals surface area contributed by atoms with Gasteiger partial charge in [0.2, 0.25) is 0 Å². The minimum Gasteiger partial charge on any atom is -0.497 e. The number of ether oxygens (including phenoxy) is 2. The van der Waals surface area contributed by atoms with Crippen molar-refractivity contribution in [1.82, 2.24) is 0 Å². The van der Waals surface area contributed by atoms with Crippen LogP contribution < -0.4 is 9.47 Å². The Morgan fingerprint density at radius 1 is 1.11 bits per heavy atom. The van der Waals surface area contributed by atoms with Crippen molar-refractivity contribution in [1.29, 1.82) is 0 Å². The SMILES string of the molecule is COc1ccc(C(C)=C(F)B2OC(C)(C)C(C)(C)O2)c(OCCC(F)(F)F)c1. The predicted molar refractivity (Wildman–Crippen MR) is 98.9 cm³/mol. The van der Waals surface area contributed by atoms with E-state index in [2.05, 4.69) is 0 Å². The molecule has 156 valence electrons. The zero-order valence-corrected chi connectivity index (χ0v) is 16.9. The van der Waals surface area contributed by atoms with E-state index in [4.69, 9.17) is 18.8 Å². The van der Waals surface area contributed by atoms with Crippen molar-refractivity contribution < 1.29 is 36.3 Å². The molecule has 0 bridgehead atoms. The van der Waals surface area contributed by atoms with Crippen molar-refractivity contribution in [2.45, 2.75) is 58.4 Å². The average molecular weight is 404 g/mol. The topological polar surface area (TPSA) is 36.9 Å². The van der Waals surface area contributed by atoms with E-state index in [1.54, 1.807) is 33.8 Å². The maximum Gasteiger partial charge on any atom is 0.525 e. The van der Waals surface area contributed by atoms with E-state index in [-0.39, 0.29) is 11.3 Å². The molecule has 2 rings (SSSR count). The summed E-state index contributed by atoms with van der Waals surface area (Å²) in [6, 6.07) is 4.53. The number of hydrogen-bond donors (Lipinski definition) is 0. The van der Waals surface area contributed by atoms with Crippen LogP contribution in [0, 0.1) is 0 Å². The quantitative estimate of drug-likeness (QED) is 0.473. The highest BCUT2D eigenvalue weighted by Crippen LogP contribution is 2.41. The lowest BCUT2D eigenvalue weighted by Crippen LogP contribution is -2.41. The molecule has 0 aromatic heterocycles. The molecular formula is C19H25BF4O4. The van der Waals surface area contributed by atoms with E-state index in [1.165, 1.54) is 26.2 Å². The number of benzene rings is 1. The average Bonchev–Trinajstić information content (AvgIpc) is 2.80. The Hall–Kier alpha value is -1.74. The number of alkyl halides is 3. The first-order chi connectivity index (χ1) is 12.8. The molecule has 1 aliphatic heterocycles. The Labute approximate surface area is 162 Å². The molecule has 1 aromatic rings. The van der Waals surface area contributed by atoms with E-state index in [0.29, 0.717) is 11.3 Å². The van der Waals surface area contributed by atoms with Crippen molar-refractivity contribution in [2.24, 2.45) is 0 Å². The van der Waals surface area contributed by atoms with Crippen LogP contribution in [0.5, 0.6) is 11.5 Å². The lowest BCUT2D eigenvalue weighted by Gasteiger charge is -2.32. The van der Waals surface area contributed by atoms with E-state index in [0.717, 1.165) is 0 Å². The molecule has 0 aliphatic carbocycles. The highest BCUT2D eigenvalue weighted by molar-refractivity contribution is 6.55. The minimum atomic E-state index is -4.35. The Bertz CT molecular complexity index is 728. The van der Waals surface area contributed by atoms with Gasteiger partial charge in [-0.05, 0) is 52.3 Å². The summed E-state index contributed by atoms with van der Waals surface area (Å²) in [5, 5.41) is 0.